The summed E-state index contributed by atoms with van der Waals surface area (Å²) in [7, 11) is 15.0. The van der Waals surface area contributed by atoms with Crippen LogP contribution in [0, 0.1) is 12.8 Å². The Balaban J connectivity index is 0.000000218. The number of hydrogen-bond acceptors (Lipinski definition) is 0. The average molecular weight is 273 g/mol. The molecule has 1 fully saturated rings. The second-order valence-electron chi connectivity index (χ2n) is 2.75. The predicted molar refractivity (Wildman–Crippen MR) is 55.2 cm³/mol. The van der Waals surface area contributed by atoms with E-state index in [2.05, 4.69) is 6.92 Å². The van der Waals surface area contributed by atoms with Crippen LogP contribution >= 0.6 is 28.9 Å². The third-order valence-electron chi connectivity index (χ3n) is 1.72. The zero-order chi connectivity index (χ0) is 8.69. The van der Waals surface area contributed by atoms with Gasteiger partial charge in [0.15, 0.2) is 0 Å². The summed E-state index contributed by atoms with van der Waals surface area (Å²) in [6.45, 7) is 4.00. The summed E-state index contributed by atoms with van der Waals surface area (Å²) in [6, 6.07) is 0. The van der Waals surface area contributed by atoms with Crippen molar-refractivity contribution in [1.82, 2.24) is 0 Å². The molecule has 1 saturated carbocycles. The number of halogens is 3. The van der Waals surface area contributed by atoms with E-state index in [1.807, 2.05) is 0 Å². The van der Waals surface area contributed by atoms with Gasteiger partial charge >= 0.3 is 42.1 Å². The van der Waals surface area contributed by atoms with Crippen molar-refractivity contribution < 1.29 is 0 Å². The Bertz CT molecular complexity index is 79.0. The van der Waals surface area contributed by atoms with E-state index < -0.39 is 13.2 Å². The quantitative estimate of drug-likeness (QED) is 0.583. The van der Waals surface area contributed by atoms with Gasteiger partial charge in [-0.1, -0.05) is 39.0 Å². The normalized spacial score (nSPS) is 18.5. The molecule has 1 aliphatic carbocycles. The molecule has 1 aliphatic rings. The van der Waals surface area contributed by atoms with E-state index in [4.69, 9.17) is 28.9 Å². The zero-order valence-electron chi connectivity index (χ0n) is 6.53. The van der Waals surface area contributed by atoms with Crippen LogP contribution in [-0.2, 0) is 0 Å². The van der Waals surface area contributed by atoms with Crippen molar-refractivity contribution in [2.75, 3.05) is 0 Å². The van der Waals surface area contributed by atoms with Crippen LogP contribution in [0.3, 0.4) is 0 Å². The van der Waals surface area contributed by atoms with Crippen LogP contribution < -0.4 is 0 Å². The molecule has 0 amide bonds. The molecular formula is C7H13Cl3Ga. The molecule has 0 aliphatic heterocycles. The molecule has 0 aromatic heterocycles. The van der Waals surface area contributed by atoms with E-state index in [0.717, 1.165) is 5.92 Å². The van der Waals surface area contributed by atoms with E-state index in [1.165, 1.54) is 32.1 Å². The summed E-state index contributed by atoms with van der Waals surface area (Å²) in [6.07, 6.45) is 7.05. The van der Waals surface area contributed by atoms with Crippen LogP contribution in [0.15, 0.2) is 0 Å². The zero-order valence-corrected chi connectivity index (χ0v) is 11.2. The van der Waals surface area contributed by atoms with Crippen LogP contribution in [0.2, 0.25) is 0 Å². The molecule has 0 bridgehead atoms. The van der Waals surface area contributed by atoms with E-state index in [9.17, 15) is 0 Å². The molecule has 0 aromatic rings. The molecule has 4 heteroatoms. The van der Waals surface area contributed by atoms with Crippen molar-refractivity contribution in [2.45, 2.75) is 32.1 Å². The Morgan fingerprint density at radius 1 is 1.00 bits per heavy atom. The summed E-state index contributed by atoms with van der Waals surface area (Å²) >= 11 is -2.06. The van der Waals surface area contributed by atoms with Crippen LogP contribution in [0.1, 0.15) is 32.1 Å². The molecule has 0 N–H and O–H groups in total. The fourth-order valence-electron chi connectivity index (χ4n) is 1.19. The molecule has 0 saturated heterocycles. The van der Waals surface area contributed by atoms with Crippen molar-refractivity contribution in [1.29, 1.82) is 0 Å². The van der Waals surface area contributed by atoms with Crippen molar-refractivity contribution in [3.05, 3.63) is 6.92 Å². The molecule has 0 spiro atoms. The van der Waals surface area contributed by atoms with E-state index in [-0.39, 0.29) is 0 Å². The Morgan fingerprint density at radius 3 is 1.55 bits per heavy atom. The first-order valence-corrected chi connectivity index (χ1v) is 13.4. The maximum atomic E-state index is 4.99. The van der Waals surface area contributed by atoms with Crippen molar-refractivity contribution in [3.8, 4) is 0 Å². The molecule has 1 radical (unpaired) electrons. The molecule has 0 heterocycles. The van der Waals surface area contributed by atoms with Crippen molar-refractivity contribution in [3.63, 3.8) is 0 Å². The molecule has 0 unspecified atom stereocenters. The molecule has 0 nitrogen and oxygen atoms in total. The fraction of sp³-hybridized carbons (Fsp3) is 0.857. The van der Waals surface area contributed by atoms with Gasteiger partial charge in [-0.05, 0) is 5.92 Å². The second-order valence-corrected chi connectivity index (χ2v) is 14.1. The predicted octanol–water partition coefficient (Wildman–Crippen LogP) is 4.09. The third kappa shape index (κ3) is 11.5. The summed E-state index contributed by atoms with van der Waals surface area (Å²) in [5, 5.41) is 0. The summed E-state index contributed by atoms with van der Waals surface area (Å²) in [5.41, 5.74) is 0. The molecule has 0 aromatic carbocycles. The fourth-order valence-corrected chi connectivity index (χ4v) is 1.19. The van der Waals surface area contributed by atoms with Crippen LogP contribution in [0.4, 0.5) is 0 Å². The van der Waals surface area contributed by atoms with Crippen LogP contribution in [0.5, 0.6) is 0 Å². The third-order valence-corrected chi connectivity index (χ3v) is 1.72. The van der Waals surface area contributed by atoms with Gasteiger partial charge in [0.05, 0.1) is 0 Å². The standard InChI is InChI=1S/C7H13.3ClH.Ga/c1-7-5-3-2-4-6-7;;;;/h7H,1-6H2;3*1H;/q;;;;+3/p-3. The first-order valence-electron chi connectivity index (χ1n) is 3.88. The SMILES string of the molecule is [CH2]C1CCCCC1.[Cl][Ga]([Cl])[Cl]. The first-order chi connectivity index (χ1) is 5.13. The Hall–Kier alpha value is 1.51. The minimum atomic E-state index is -2.06. The maximum absolute atomic E-state index is 4.99. The second kappa shape index (κ2) is 8.12. The Morgan fingerprint density at radius 2 is 1.36 bits per heavy atom. The summed E-state index contributed by atoms with van der Waals surface area (Å²) < 4.78 is 0. The monoisotopic (exact) mass is 271 g/mol. The van der Waals surface area contributed by atoms with Crippen LogP contribution in [-0.4, -0.2) is 13.2 Å². The Labute approximate surface area is 86.7 Å². The molecule has 11 heavy (non-hydrogen) atoms. The van der Waals surface area contributed by atoms with Gasteiger partial charge in [-0.15, -0.1) is 0 Å². The topological polar surface area (TPSA) is 0 Å². The van der Waals surface area contributed by atoms with E-state index in [1.54, 1.807) is 0 Å². The van der Waals surface area contributed by atoms with Gasteiger partial charge in [0, 0.05) is 0 Å². The minimum absolute atomic E-state index is 0.786. The molecular weight excluding hydrogens is 260 g/mol. The van der Waals surface area contributed by atoms with Crippen LogP contribution in [0.25, 0.3) is 0 Å². The number of hydrogen-bond donors (Lipinski definition) is 0. The molecule has 65 valence electrons. The average Bonchev–Trinajstić information content (AvgIpc) is 1.87. The van der Waals surface area contributed by atoms with E-state index in [0.29, 0.717) is 0 Å². The van der Waals surface area contributed by atoms with Crippen molar-refractivity contribution in [2.24, 2.45) is 5.92 Å². The van der Waals surface area contributed by atoms with Gasteiger partial charge in [-0.25, -0.2) is 0 Å². The van der Waals surface area contributed by atoms with Gasteiger partial charge in [0.2, 0.25) is 0 Å². The van der Waals surface area contributed by atoms with E-state index >= 15 is 0 Å². The molecule has 0 atom stereocenters. The van der Waals surface area contributed by atoms with Gasteiger partial charge < -0.3 is 0 Å². The van der Waals surface area contributed by atoms with Gasteiger partial charge in [-0.2, -0.15) is 0 Å². The summed E-state index contributed by atoms with van der Waals surface area (Å²) in [5.74, 6) is 0.786. The first kappa shape index (κ1) is 12.5. The van der Waals surface area contributed by atoms with Crippen molar-refractivity contribution >= 4 is 42.1 Å². The van der Waals surface area contributed by atoms with Gasteiger partial charge in [-0.3, -0.25) is 0 Å². The Kier molecular flexibility index (Phi) is 9.23. The molecule has 1 rings (SSSR count). The van der Waals surface area contributed by atoms with Gasteiger partial charge in [0.25, 0.3) is 0 Å². The van der Waals surface area contributed by atoms with Gasteiger partial charge in [0.1, 0.15) is 0 Å². The number of rotatable bonds is 0. The summed E-state index contributed by atoms with van der Waals surface area (Å²) in [4.78, 5) is 0.